The van der Waals surface area contributed by atoms with Gasteiger partial charge in [-0.15, -0.1) is 0 Å². The third-order valence-corrected chi connectivity index (χ3v) is 8.90. The fourth-order valence-corrected chi connectivity index (χ4v) is 7.31. The molecule has 0 saturated heterocycles. The van der Waals surface area contributed by atoms with E-state index in [0.717, 1.165) is 16.7 Å². The minimum Gasteiger partial charge on any atom is -0.411 e. The summed E-state index contributed by atoms with van der Waals surface area (Å²) in [5, 5.41) is 22.9. The number of hydrogen-bond acceptors (Lipinski definition) is 4. The SMILES string of the molecule is C[C@]12C[C@H](c3ccc(/C=N/O)cc3)C3=C4CCC(=O)C=C4CCC3C1CC[C@@]2(O)C(F)(F)F. The van der Waals surface area contributed by atoms with Gasteiger partial charge in [0.25, 0.3) is 0 Å². The Balaban J connectivity index is 1.67. The minimum atomic E-state index is -4.69. The topological polar surface area (TPSA) is 69.9 Å². The van der Waals surface area contributed by atoms with Crippen molar-refractivity contribution in [2.24, 2.45) is 22.4 Å². The van der Waals surface area contributed by atoms with Gasteiger partial charge in [0.2, 0.25) is 0 Å². The van der Waals surface area contributed by atoms with Crippen LogP contribution in [-0.4, -0.2) is 34.1 Å². The standard InChI is InChI=1S/C26H28F3NO3/c1-24-13-21(16-4-2-15(3-5-16)14-30-33)23-19-9-7-18(31)12-17(19)6-8-20(23)22(24)10-11-25(24,32)26(27,28)29/h2-5,12,14,20-22,32-33H,6-11,13H2,1H3/b30-14+/t20?,21-,22?,24+,25+/m1/s1. The van der Waals surface area contributed by atoms with Gasteiger partial charge in [0.15, 0.2) is 11.4 Å². The Morgan fingerprint density at radius 3 is 2.52 bits per heavy atom. The van der Waals surface area contributed by atoms with Crippen LogP contribution >= 0.6 is 0 Å². The predicted octanol–water partition coefficient (Wildman–Crippen LogP) is 5.69. The highest BCUT2D eigenvalue weighted by Gasteiger charge is 2.72. The molecule has 1 aromatic carbocycles. The van der Waals surface area contributed by atoms with Gasteiger partial charge in [-0.25, -0.2) is 0 Å². The van der Waals surface area contributed by atoms with Crippen molar-refractivity contribution in [2.45, 2.75) is 69.6 Å². The first-order valence-electron chi connectivity index (χ1n) is 11.6. The van der Waals surface area contributed by atoms with Crippen LogP contribution in [0.1, 0.15) is 68.9 Å². The van der Waals surface area contributed by atoms with E-state index < -0.39 is 17.2 Å². The number of alkyl halides is 3. The second-order valence-electron chi connectivity index (χ2n) is 10.3. The van der Waals surface area contributed by atoms with E-state index in [0.29, 0.717) is 37.7 Å². The van der Waals surface area contributed by atoms with E-state index in [4.69, 9.17) is 5.21 Å². The van der Waals surface area contributed by atoms with Crippen molar-refractivity contribution in [1.29, 1.82) is 0 Å². The summed E-state index contributed by atoms with van der Waals surface area (Å²) >= 11 is 0. The number of halogens is 3. The molecule has 0 bridgehead atoms. The highest BCUT2D eigenvalue weighted by molar-refractivity contribution is 5.93. The zero-order chi connectivity index (χ0) is 23.6. The number of rotatable bonds is 2. The quantitative estimate of drug-likeness (QED) is 0.339. The summed E-state index contributed by atoms with van der Waals surface area (Å²) in [6.45, 7) is 1.63. The summed E-state index contributed by atoms with van der Waals surface area (Å²) in [5.41, 5.74) is 0.961. The van der Waals surface area contributed by atoms with Crippen LogP contribution in [0.15, 0.2) is 52.2 Å². The second-order valence-corrected chi connectivity index (χ2v) is 10.3. The Hall–Kier alpha value is -2.41. The molecular formula is C26H28F3NO3. The van der Waals surface area contributed by atoms with E-state index in [2.05, 4.69) is 5.16 Å². The normalized spacial score (nSPS) is 36.5. The first kappa shape index (κ1) is 22.4. The lowest BCUT2D eigenvalue weighted by molar-refractivity contribution is -0.299. The number of carbonyl (C=O) groups is 1. The van der Waals surface area contributed by atoms with Crippen LogP contribution in [0.4, 0.5) is 13.2 Å². The molecule has 4 aliphatic rings. The van der Waals surface area contributed by atoms with Gasteiger partial charge in [0.1, 0.15) is 0 Å². The average molecular weight is 460 g/mol. The molecule has 5 rings (SSSR count). The van der Waals surface area contributed by atoms with Crippen LogP contribution in [0, 0.1) is 17.3 Å². The summed E-state index contributed by atoms with van der Waals surface area (Å²) in [6, 6.07) is 7.34. The van der Waals surface area contributed by atoms with Gasteiger partial charge < -0.3 is 10.3 Å². The van der Waals surface area contributed by atoms with Crippen LogP contribution in [0.5, 0.6) is 0 Å². The Bertz CT molecular complexity index is 1070. The van der Waals surface area contributed by atoms with Crippen LogP contribution < -0.4 is 0 Å². The number of ketones is 1. The number of fused-ring (bicyclic) bond motifs is 4. The fourth-order valence-electron chi connectivity index (χ4n) is 7.31. The largest absolute Gasteiger partial charge is 0.417 e. The lowest BCUT2D eigenvalue weighted by atomic mass is 9.51. The monoisotopic (exact) mass is 459 g/mol. The van der Waals surface area contributed by atoms with Crippen molar-refractivity contribution in [3.05, 3.63) is 58.2 Å². The number of aliphatic hydroxyl groups is 1. The molecule has 0 heterocycles. The summed E-state index contributed by atoms with van der Waals surface area (Å²) in [7, 11) is 0. The lowest BCUT2D eigenvalue weighted by Crippen LogP contribution is -2.58. The van der Waals surface area contributed by atoms with Crippen molar-refractivity contribution in [3.8, 4) is 0 Å². The average Bonchev–Trinajstić information content (AvgIpc) is 3.05. The number of oxime groups is 1. The Morgan fingerprint density at radius 2 is 1.85 bits per heavy atom. The molecule has 2 saturated carbocycles. The number of nitrogens with zero attached hydrogens (tertiary/aromatic N) is 1. The van der Waals surface area contributed by atoms with E-state index in [1.54, 1.807) is 25.1 Å². The molecule has 0 radical (unpaired) electrons. The van der Waals surface area contributed by atoms with E-state index in [9.17, 15) is 23.1 Å². The molecule has 1 aromatic rings. The molecule has 0 spiro atoms. The number of benzene rings is 1. The van der Waals surface area contributed by atoms with Gasteiger partial charge >= 0.3 is 6.18 Å². The number of allylic oxidation sites excluding steroid dienone is 4. The van der Waals surface area contributed by atoms with Gasteiger partial charge in [0, 0.05) is 17.8 Å². The molecule has 176 valence electrons. The molecule has 2 N–H and O–H groups in total. The zero-order valence-corrected chi connectivity index (χ0v) is 18.5. The van der Waals surface area contributed by atoms with Crippen LogP contribution in [-0.2, 0) is 4.79 Å². The van der Waals surface area contributed by atoms with E-state index in [1.807, 2.05) is 12.1 Å². The van der Waals surface area contributed by atoms with Crippen molar-refractivity contribution >= 4 is 12.0 Å². The molecule has 7 heteroatoms. The third-order valence-electron chi connectivity index (χ3n) is 8.90. The summed E-state index contributed by atoms with van der Waals surface area (Å²) < 4.78 is 42.7. The molecule has 2 unspecified atom stereocenters. The third kappa shape index (κ3) is 3.22. The molecule has 2 fully saturated rings. The first-order valence-corrected chi connectivity index (χ1v) is 11.6. The maximum atomic E-state index is 14.2. The lowest BCUT2D eigenvalue weighted by Gasteiger charge is -2.55. The molecule has 0 aliphatic heterocycles. The smallest absolute Gasteiger partial charge is 0.411 e. The van der Waals surface area contributed by atoms with E-state index >= 15 is 0 Å². The van der Waals surface area contributed by atoms with Crippen molar-refractivity contribution in [1.82, 2.24) is 0 Å². The van der Waals surface area contributed by atoms with Crippen molar-refractivity contribution in [3.63, 3.8) is 0 Å². The van der Waals surface area contributed by atoms with Gasteiger partial charge in [-0.1, -0.05) is 41.9 Å². The van der Waals surface area contributed by atoms with Gasteiger partial charge in [-0.2, -0.15) is 13.2 Å². The minimum absolute atomic E-state index is 0.0378. The van der Waals surface area contributed by atoms with E-state index in [1.165, 1.54) is 11.8 Å². The maximum Gasteiger partial charge on any atom is 0.417 e. The molecule has 33 heavy (non-hydrogen) atoms. The molecule has 4 aliphatic carbocycles. The maximum absolute atomic E-state index is 14.2. The number of carbonyl (C=O) groups excluding carboxylic acids is 1. The van der Waals surface area contributed by atoms with Crippen LogP contribution in [0.2, 0.25) is 0 Å². The van der Waals surface area contributed by atoms with Crippen molar-refractivity contribution in [2.75, 3.05) is 0 Å². The molecule has 4 nitrogen and oxygen atoms in total. The summed E-state index contributed by atoms with van der Waals surface area (Å²) in [4.78, 5) is 12.1. The highest BCUT2D eigenvalue weighted by atomic mass is 19.4. The Labute approximate surface area is 190 Å². The zero-order valence-electron chi connectivity index (χ0n) is 18.5. The molecule has 0 amide bonds. The predicted molar refractivity (Wildman–Crippen MR) is 117 cm³/mol. The highest BCUT2D eigenvalue weighted by Crippen LogP contribution is 2.69. The Morgan fingerprint density at radius 1 is 1.12 bits per heavy atom. The van der Waals surface area contributed by atoms with Gasteiger partial charge in [-0.3, -0.25) is 4.79 Å². The molecule has 5 atom stereocenters. The molecule has 0 aromatic heterocycles. The fraction of sp³-hybridized carbons (Fsp3) is 0.538. The van der Waals surface area contributed by atoms with E-state index in [-0.39, 0.29) is 36.4 Å². The Kier molecular flexibility index (Phi) is 5.12. The van der Waals surface area contributed by atoms with Gasteiger partial charge in [0.05, 0.1) is 6.21 Å². The number of hydrogen-bond donors (Lipinski definition) is 2. The van der Waals surface area contributed by atoms with Crippen LogP contribution in [0.3, 0.4) is 0 Å². The first-order chi connectivity index (χ1) is 15.6. The van der Waals surface area contributed by atoms with Crippen molar-refractivity contribution < 1.29 is 28.3 Å². The second kappa shape index (κ2) is 7.55. The van der Waals surface area contributed by atoms with Gasteiger partial charge in [-0.05, 0) is 78.7 Å². The molecular weight excluding hydrogens is 431 g/mol. The summed E-state index contributed by atoms with van der Waals surface area (Å²) in [6.07, 6.45) is 1.11. The van der Waals surface area contributed by atoms with Crippen LogP contribution in [0.25, 0.3) is 0 Å². The summed E-state index contributed by atoms with van der Waals surface area (Å²) in [5.74, 6) is -0.438.